The number of rotatable bonds is 6. The summed E-state index contributed by atoms with van der Waals surface area (Å²) in [6, 6.07) is 0. The SMILES string of the molecule is CCCC1CCC(C2CCC(C3=CCC(OCC)C(F)=C3F)CC2)CC1. The molecule has 0 aromatic heterocycles. The standard InChI is InChI=1S/C23H36F2O/c1-3-5-16-6-8-17(9-7-16)18-10-12-19(13-11-18)20-14-15-21(26-4-2)23(25)22(20)24/h14,16-19,21H,3-13,15H2,1-2H3. The van der Waals surface area contributed by atoms with Crippen molar-refractivity contribution in [1.29, 1.82) is 0 Å². The van der Waals surface area contributed by atoms with Gasteiger partial charge in [-0.05, 0) is 81.1 Å². The molecule has 26 heavy (non-hydrogen) atoms. The molecule has 0 aliphatic heterocycles. The minimum atomic E-state index is -0.710. The van der Waals surface area contributed by atoms with Crippen molar-refractivity contribution < 1.29 is 13.5 Å². The quantitative estimate of drug-likeness (QED) is 0.480. The summed E-state index contributed by atoms with van der Waals surface area (Å²) in [6.07, 6.45) is 14.4. The molecule has 3 heteroatoms. The molecule has 0 heterocycles. The minimum absolute atomic E-state index is 0.205. The predicted molar refractivity (Wildman–Crippen MR) is 103 cm³/mol. The Morgan fingerprint density at radius 2 is 1.54 bits per heavy atom. The average Bonchev–Trinajstić information content (AvgIpc) is 2.67. The first kappa shape index (κ1) is 20.0. The zero-order valence-electron chi connectivity index (χ0n) is 16.6. The molecule has 3 aliphatic carbocycles. The molecule has 0 N–H and O–H groups in total. The Hall–Kier alpha value is -0.700. The summed E-state index contributed by atoms with van der Waals surface area (Å²) in [7, 11) is 0. The maximum absolute atomic E-state index is 14.5. The average molecular weight is 367 g/mol. The van der Waals surface area contributed by atoms with Gasteiger partial charge in [0.05, 0.1) is 0 Å². The number of allylic oxidation sites excluding steroid dienone is 2. The van der Waals surface area contributed by atoms with E-state index in [4.69, 9.17) is 4.74 Å². The van der Waals surface area contributed by atoms with E-state index in [1.165, 1.54) is 51.4 Å². The van der Waals surface area contributed by atoms with Crippen molar-refractivity contribution in [3.63, 3.8) is 0 Å². The fraction of sp³-hybridized carbons (Fsp3) is 0.826. The summed E-state index contributed by atoms with van der Waals surface area (Å²) in [6.45, 7) is 4.53. The largest absolute Gasteiger partial charge is 0.371 e. The number of halogens is 2. The first-order valence-electron chi connectivity index (χ1n) is 11.0. The van der Waals surface area contributed by atoms with E-state index < -0.39 is 17.8 Å². The van der Waals surface area contributed by atoms with Crippen LogP contribution in [0.2, 0.25) is 0 Å². The topological polar surface area (TPSA) is 9.23 Å². The molecule has 0 aromatic rings. The summed E-state index contributed by atoms with van der Waals surface area (Å²) >= 11 is 0. The second-order valence-electron chi connectivity index (χ2n) is 8.68. The van der Waals surface area contributed by atoms with Gasteiger partial charge in [-0.2, -0.15) is 0 Å². The van der Waals surface area contributed by atoms with Crippen LogP contribution in [0.4, 0.5) is 8.78 Å². The van der Waals surface area contributed by atoms with Gasteiger partial charge in [-0.1, -0.05) is 38.7 Å². The Morgan fingerprint density at radius 3 is 2.12 bits per heavy atom. The summed E-state index contributed by atoms with van der Waals surface area (Å²) in [5.74, 6) is 1.55. The fourth-order valence-corrected chi connectivity index (χ4v) is 5.65. The van der Waals surface area contributed by atoms with Crippen LogP contribution in [0.1, 0.15) is 84.5 Å². The van der Waals surface area contributed by atoms with Crippen molar-refractivity contribution in [2.24, 2.45) is 23.7 Å². The molecule has 1 nitrogen and oxygen atoms in total. The molecule has 1 unspecified atom stereocenters. The normalized spacial score (nSPS) is 36.2. The fourth-order valence-electron chi connectivity index (χ4n) is 5.65. The van der Waals surface area contributed by atoms with Crippen LogP contribution in [0.3, 0.4) is 0 Å². The van der Waals surface area contributed by atoms with Gasteiger partial charge in [0, 0.05) is 6.61 Å². The van der Waals surface area contributed by atoms with Crippen molar-refractivity contribution in [3.8, 4) is 0 Å². The molecule has 0 spiro atoms. The Bertz CT molecular complexity index is 508. The molecule has 3 rings (SSSR count). The summed E-state index contributed by atoms with van der Waals surface area (Å²) in [4.78, 5) is 0. The molecule has 0 bridgehead atoms. The lowest BCUT2D eigenvalue weighted by Gasteiger charge is -2.38. The van der Waals surface area contributed by atoms with Crippen molar-refractivity contribution in [2.45, 2.75) is 90.6 Å². The first-order chi connectivity index (χ1) is 12.6. The second-order valence-corrected chi connectivity index (χ2v) is 8.68. The highest BCUT2D eigenvalue weighted by Crippen LogP contribution is 2.46. The monoisotopic (exact) mass is 366 g/mol. The molecule has 148 valence electrons. The third-order valence-electron chi connectivity index (χ3n) is 7.13. The van der Waals surface area contributed by atoms with E-state index in [1.807, 2.05) is 13.0 Å². The molecule has 0 amide bonds. The zero-order valence-corrected chi connectivity index (χ0v) is 16.6. The van der Waals surface area contributed by atoms with Crippen LogP contribution in [-0.2, 0) is 4.74 Å². The van der Waals surface area contributed by atoms with Gasteiger partial charge in [0.2, 0.25) is 0 Å². The second kappa shape index (κ2) is 9.48. The van der Waals surface area contributed by atoms with E-state index in [0.29, 0.717) is 18.6 Å². The molecule has 0 aromatic carbocycles. The summed E-state index contributed by atoms with van der Waals surface area (Å²) in [5, 5.41) is 0. The first-order valence-corrected chi connectivity index (χ1v) is 11.0. The van der Waals surface area contributed by atoms with Crippen LogP contribution in [0, 0.1) is 23.7 Å². The molecule has 0 saturated heterocycles. The Labute approximate surface area is 158 Å². The number of hydrogen-bond acceptors (Lipinski definition) is 1. The zero-order chi connectivity index (χ0) is 18.5. The van der Waals surface area contributed by atoms with Crippen LogP contribution < -0.4 is 0 Å². The van der Waals surface area contributed by atoms with Gasteiger partial charge in [0.25, 0.3) is 0 Å². The van der Waals surface area contributed by atoms with Crippen molar-refractivity contribution in [3.05, 3.63) is 23.3 Å². The number of ether oxygens (including phenoxy) is 1. The van der Waals surface area contributed by atoms with Gasteiger partial charge < -0.3 is 4.74 Å². The molecular formula is C23H36F2O. The van der Waals surface area contributed by atoms with Gasteiger partial charge in [0.1, 0.15) is 6.10 Å². The third-order valence-corrected chi connectivity index (χ3v) is 7.13. The van der Waals surface area contributed by atoms with Crippen LogP contribution in [0.15, 0.2) is 23.3 Å². The Morgan fingerprint density at radius 1 is 0.923 bits per heavy atom. The molecule has 2 saturated carbocycles. The van der Waals surface area contributed by atoms with Gasteiger partial charge >= 0.3 is 0 Å². The van der Waals surface area contributed by atoms with Crippen LogP contribution in [-0.4, -0.2) is 12.7 Å². The van der Waals surface area contributed by atoms with Crippen LogP contribution in [0.5, 0.6) is 0 Å². The highest BCUT2D eigenvalue weighted by molar-refractivity contribution is 5.35. The Kier molecular flexibility index (Phi) is 7.31. The van der Waals surface area contributed by atoms with E-state index in [9.17, 15) is 8.78 Å². The molecular weight excluding hydrogens is 330 g/mol. The molecule has 2 fully saturated rings. The van der Waals surface area contributed by atoms with Gasteiger partial charge in [-0.25, -0.2) is 8.78 Å². The third kappa shape index (κ3) is 4.58. The van der Waals surface area contributed by atoms with Crippen LogP contribution >= 0.6 is 0 Å². The van der Waals surface area contributed by atoms with E-state index in [2.05, 4.69) is 6.92 Å². The maximum atomic E-state index is 14.5. The minimum Gasteiger partial charge on any atom is -0.371 e. The highest BCUT2D eigenvalue weighted by atomic mass is 19.2. The number of hydrogen-bond donors (Lipinski definition) is 0. The van der Waals surface area contributed by atoms with E-state index in [1.54, 1.807) is 0 Å². The predicted octanol–water partition coefficient (Wildman–Crippen LogP) is 7.29. The van der Waals surface area contributed by atoms with Gasteiger partial charge in [-0.15, -0.1) is 0 Å². The molecule has 1 atom stereocenters. The lowest BCUT2D eigenvalue weighted by Crippen LogP contribution is -2.27. The van der Waals surface area contributed by atoms with E-state index >= 15 is 0 Å². The lowest BCUT2D eigenvalue weighted by atomic mass is 9.67. The van der Waals surface area contributed by atoms with Gasteiger partial charge in [0.15, 0.2) is 11.7 Å². The van der Waals surface area contributed by atoms with E-state index in [0.717, 1.165) is 30.6 Å². The van der Waals surface area contributed by atoms with Crippen molar-refractivity contribution in [2.75, 3.05) is 6.61 Å². The smallest absolute Gasteiger partial charge is 0.165 e. The highest BCUT2D eigenvalue weighted by Gasteiger charge is 2.35. The lowest BCUT2D eigenvalue weighted by molar-refractivity contribution is 0.0690. The van der Waals surface area contributed by atoms with Crippen molar-refractivity contribution in [1.82, 2.24) is 0 Å². The molecule has 0 radical (unpaired) electrons. The van der Waals surface area contributed by atoms with E-state index in [-0.39, 0.29) is 5.92 Å². The summed E-state index contributed by atoms with van der Waals surface area (Å²) in [5.41, 5.74) is 0.628. The summed E-state index contributed by atoms with van der Waals surface area (Å²) < 4.78 is 34.1. The maximum Gasteiger partial charge on any atom is 0.165 e. The van der Waals surface area contributed by atoms with Crippen LogP contribution in [0.25, 0.3) is 0 Å². The molecule has 3 aliphatic rings. The van der Waals surface area contributed by atoms with Gasteiger partial charge in [-0.3, -0.25) is 0 Å². The van der Waals surface area contributed by atoms with Crippen molar-refractivity contribution >= 4 is 0 Å². The Balaban J connectivity index is 1.50.